The van der Waals surface area contributed by atoms with Crippen molar-refractivity contribution in [2.45, 2.75) is 38.8 Å². The van der Waals surface area contributed by atoms with Crippen molar-refractivity contribution in [2.75, 3.05) is 5.32 Å². The third-order valence-corrected chi connectivity index (χ3v) is 2.96. The van der Waals surface area contributed by atoms with Crippen molar-refractivity contribution in [3.63, 3.8) is 0 Å². The van der Waals surface area contributed by atoms with Crippen molar-refractivity contribution in [3.8, 4) is 0 Å². The molecule has 1 aromatic rings. The van der Waals surface area contributed by atoms with Crippen LogP contribution in [0.2, 0.25) is 0 Å². The summed E-state index contributed by atoms with van der Waals surface area (Å²) in [6.45, 7) is 3.37. The summed E-state index contributed by atoms with van der Waals surface area (Å²) in [7, 11) is 0. The first-order valence-electron chi connectivity index (χ1n) is 6.15. The lowest BCUT2D eigenvalue weighted by Gasteiger charge is -2.14. The van der Waals surface area contributed by atoms with Crippen LogP contribution in [0.4, 0.5) is 11.5 Å². The highest BCUT2D eigenvalue weighted by Gasteiger charge is 2.25. The van der Waals surface area contributed by atoms with E-state index < -0.39 is 11.0 Å². The Morgan fingerprint density at radius 3 is 2.79 bits per heavy atom. The molecule has 0 bridgehead atoms. The van der Waals surface area contributed by atoms with Crippen molar-refractivity contribution < 1.29 is 9.72 Å². The molecule has 0 saturated heterocycles. The highest BCUT2D eigenvalue weighted by Crippen LogP contribution is 2.20. The number of hydrogen-bond acceptors (Lipinski definition) is 5. The molecule has 19 heavy (non-hydrogen) atoms. The minimum atomic E-state index is -0.477. The Balaban J connectivity index is 1.99. The Morgan fingerprint density at radius 1 is 1.58 bits per heavy atom. The van der Waals surface area contributed by atoms with Crippen LogP contribution < -0.4 is 10.6 Å². The average molecular weight is 264 g/mol. The Kier molecular flexibility index (Phi) is 3.64. The van der Waals surface area contributed by atoms with E-state index in [1.807, 2.05) is 0 Å². The topological polar surface area (TPSA) is 97.2 Å². The van der Waals surface area contributed by atoms with Gasteiger partial charge in [-0.2, -0.15) is 0 Å². The number of carbonyl (C=O) groups excluding carboxylic acids is 1. The van der Waals surface area contributed by atoms with Gasteiger partial charge in [-0.3, -0.25) is 14.9 Å². The molecule has 7 nitrogen and oxygen atoms in total. The quantitative estimate of drug-likeness (QED) is 0.618. The first kappa shape index (κ1) is 13.3. The zero-order chi connectivity index (χ0) is 14.0. The van der Waals surface area contributed by atoms with Gasteiger partial charge in [0.25, 0.3) is 5.69 Å². The van der Waals surface area contributed by atoms with Crippen molar-refractivity contribution >= 4 is 17.4 Å². The first-order chi connectivity index (χ1) is 8.97. The molecular weight excluding hydrogens is 248 g/mol. The first-order valence-corrected chi connectivity index (χ1v) is 6.15. The van der Waals surface area contributed by atoms with Crippen LogP contribution in [0.5, 0.6) is 0 Å². The molecule has 2 rings (SSSR count). The van der Waals surface area contributed by atoms with Gasteiger partial charge in [-0.1, -0.05) is 0 Å². The largest absolute Gasteiger partial charge is 0.359 e. The number of nitrogens with one attached hydrogen (secondary N) is 2. The number of nitrogens with zero attached hydrogens (tertiary/aromatic N) is 2. The van der Waals surface area contributed by atoms with Crippen molar-refractivity contribution in [2.24, 2.45) is 0 Å². The number of nitro groups is 1. The van der Waals surface area contributed by atoms with Crippen LogP contribution in [-0.2, 0) is 4.79 Å². The Labute approximate surface area is 110 Å². The number of anilines is 1. The SMILES string of the molecule is Cc1cc(NC(C)C(=O)NC2CC2)ncc1[N+](=O)[O-]. The number of hydrogen-bond donors (Lipinski definition) is 2. The molecule has 1 fully saturated rings. The Morgan fingerprint density at radius 2 is 2.26 bits per heavy atom. The predicted molar refractivity (Wildman–Crippen MR) is 69.9 cm³/mol. The Bertz CT molecular complexity index is 514. The van der Waals surface area contributed by atoms with Crippen LogP contribution >= 0.6 is 0 Å². The highest BCUT2D eigenvalue weighted by atomic mass is 16.6. The number of aryl methyl sites for hydroxylation is 1. The van der Waals surface area contributed by atoms with Crippen LogP contribution in [0.3, 0.4) is 0 Å². The molecule has 1 amide bonds. The maximum atomic E-state index is 11.7. The summed E-state index contributed by atoms with van der Waals surface area (Å²) in [6, 6.07) is 1.45. The van der Waals surface area contributed by atoms with Gasteiger partial charge in [0.15, 0.2) is 0 Å². The van der Waals surface area contributed by atoms with Crippen molar-refractivity contribution in [1.29, 1.82) is 0 Å². The Hall–Kier alpha value is -2.18. The summed E-state index contributed by atoms with van der Waals surface area (Å²) >= 11 is 0. The van der Waals surface area contributed by atoms with Gasteiger partial charge < -0.3 is 10.6 Å². The predicted octanol–water partition coefficient (Wildman–Crippen LogP) is 1.38. The fourth-order valence-corrected chi connectivity index (χ4v) is 1.66. The van der Waals surface area contributed by atoms with E-state index >= 15 is 0 Å². The normalized spacial score (nSPS) is 15.7. The maximum absolute atomic E-state index is 11.7. The second kappa shape index (κ2) is 5.21. The monoisotopic (exact) mass is 264 g/mol. The molecule has 1 heterocycles. The molecule has 0 spiro atoms. The van der Waals surface area contributed by atoms with E-state index in [0.29, 0.717) is 17.4 Å². The van der Waals surface area contributed by atoms with E-state index in [9.17, 15) is 14.9 Å². The van der Waals surface area contributed by atoms with E-state index in [4.69, 9.17) is 0 Å². The average Bonchev–Trinajstić information content (AvgIpc) is 3.12. The lowest BCUT2D eigenvalue weighted by atomic mass is 10.2. The van der Waals surface area contributed by atoms with Gasteiger partial charge in [0.05, 0.1) is 4.92 Å². The fourth-order valence-electron chi connectivity index (χ4n) is 1.66. The molecule has 1 aliphatic carbocycles. The lowest BCUT2D eigenvalue weighted by molar-refractivity contribution is -0.385. The summed E-state index contributed by atoms with van der Waals surface area (Å²) in [6.07, 6.45) is 3.27. The van der Waals surface area contributed by atoms with Gasteiger partial charge in [0.1, 0.15) is 18.1 Å². The van der Waals surface area contributed by atoms with Gasteiger partial charge in [-0.25, -0.2) is 4.98 Å². The molecular formula is C12H16N4O3. The molecule has 7 heteroatoms. The number of pyridine rings is 1. The second-order valence-corrected chi connectivity index (χ2v) is 4.76. The molecule has 1 aromatic heterocycles. The second-order valence-electron chi connectivity index (χ2n) is 4.76. The van der Waals surface area contributed by atoms with E-state index in [1.54, 1.807) is 19.9 Å². The zero-order valence-electron chi connectivity index (χ0n) is 10.8. The van der Waals surface area contributed by atoms with Gasteiger partial charge in [0.2, 0.25) is 5.91 Å². The lowest BCUT2D eigenvalue weighted by Crippen LogP contribution is -2.38. The van der Waals surface area contributed by atoms with Gasteiger partial charge >= 0.3 is 0 Å². The molecule has 0 aliphatic heterocycles. The van der Waals surface area contributed by atoms with Crippen molar-refractivity contribution in [3.05, 3.63) is 27.9 Å². The smallest absolute Gasteiger partial charge is 0.290 e. The van der Waals surface area contributed by atoms with E-state index in [0.717, 1.165) is 12.8 Å². The van der Waals surface area contributed by atoms with Crippen LogP contribution in [0.1, 0.15) is 25.3 Å². The number of rotatable bonds is 5. The summed E-state index contributed by atoms with van der Waals surface area (Å²) < 4.78 is 0. The third-order valence-electron chi connectivity index (χ3n) is 2.96. The van der Waals surface area contributed by atoms with Crippen LogP contribution in [0.25, 0.3) is 0 Å². The van der Waals surface area contributed by atoms with E-state index in [-0.39, 0.29) is 11.6 Å². The maximum Gasteiger partial charge on any atom is 0.290 e. The summed E-state index contributed by atoms with van der Waals surface area (Å²) in [4.78, 5) is 25.9. The summed E-state index contributed by atoms with van der Waals surface area (Å²) in [5.41, 5.74) is 0.484. The van der Waals surface area contributed by atoms with Crippen LogP contribution in [0, 0.1) is 17.0 Å². The van der Waals surface area contributed by atoms with Crippen LogP contribution in [0.15, 0.2) is 12.3 Å². The highest BCUT2D eigenvalue weighted by molar-refractivity contribution is 5.84. The van der Waals surface area contributed by atoms with Gasteiger partial charge in [-0.15, -0.1) is 0 Å². The number of carbonyl (C=O) groups is 1. The molecule has 1 atom stereocenters. The minimum absolute atomic E-state index is 0.0272. The molecule has 102 valence electrons. The number of aromatic nitrogens is 1. The molecule has 1 saturated carbocycles. The summed E-state index contributed by atoms with van der Waals surface area (Å²) in [5.74, 6) is 0.377. The van der Waals surface area contributed by atoms with Gasteiger partial charge in [-0.05, 0) is 32.8 Å². The molecule has 2 N–H and O–H groups in total. The van der Waals surface area contributed by atoms with Crippen molar-refractivity contribution in [1.82, 2.24) is 10.3 Å². The van der Waals surface area contributed by atoms with E-state index in [2.05, 4.69) is 15.6 Å². The molecule has 1 aliphatic rings. The molecule has 0 aromatic carbocycles. The summed E-state index contributed by atoms with van der Waals surface area (Å²) in [5, 5.41) is 16.5. The minimum Gasteiger partial charge on any atom is -0.359 e. The molecule has 0 radical (unpaired) electrons. The fraction of sp³-hybridized carbons (Fsp3) is 0.500. The van der Waals surface area contributed by atoms with Gasteiger partial charge in [0, 0.05) is 11.6 Å². The third kappa shape index (κ3) is 3.40. The number of amides is 1. The standard InChI is InChI=1S/C12H16N4O3/c1-7-5-11(13-6-10(7)16(18)19)14-8(2)12(17)15-9-3-4-9/h5-6,8-9H,3-4H2,1-2H3,(H,13,14)(H,15,17). The van der Waals surface area contributed by atoms with Crippen LogP contribution in [-0.4, -0.2) is 27.9 Å². The molecule has 1 unspecified atom stereocenters. The van der Waals surface area contributed by atoms with E-state index in [1.165, 1.54) is 6.20 Å². The zero-order valence-corrected chi connectivity index (χ0v) is 10.8.